The van der Waals surface area contributed by atoms with Crippen molar-refractivity contribution < 1.29 is 9.53 Å². The number of benzene rings is 1. The Balaban J connectivity index is 2.52. The predicted molar refractivity (Wildman–Crippen MR) is 61.0 cm³/mol. The van der Waals surface area contributed by atoms with E-state index in [4.69, 9.17) is 16.3 Å². The van der Waals surface area contributed by atoms with E-state index in [0.29, 0.717) is 34.0 Å². The minimum absolute atomic E-state index is 0.409. The fraction of sp³-hybridized carbons (Fsp3) is 0.0909. The SMILES string of the molecule is COc1ccc(-c2nc[nH]c2C=O)c(Cl)c1. The topological polar surface area (TPSA) is 55.0 Å². The van der Waals surface area contributed by atoms with E-state index < -0.39 is 0 Å². The number of halogens is 1. The highest BCUT2D eigenvalue weighted by Crippen LogP contribution is 2.30. The van der Waals surface area contributed by atoms with E-state index in [-0.39, 0.29) is 0 Å². The molecule has 0 fully saturated rings. The number of methoxy groups -OCH3 is 1. The number of nitrogens with zero attached hydrogens (tertiary/aromatic N) is 1. The summed E-state index contributed by atoms with van der Waals surface area (Å²) < 4.78 is 5.04. The van der Waals surface area contributed by atoms with Crippen LogP contribution in [-0.4, -0.2) is 23.4 Å². The molecule has 2 rings (SSSR count). The Bertz CT molecular complexity index is 522. The van der Waals surface area contributed by atoms with Crippen LogP contribution in [0.4, 0.5) is 0 Å². The molecule has 82 valence electrons. The lowest BCUT2D eigenvalue weighted by molar-refractivity contribution is 0.112. The van der Waals surface area contributed by atoms with Crippen LogP contribution in [0, 0.1) is 0 Å². The highest BCUT2D eigenvalue weighted by Gasteiger charge is 2.11. The van der Waals surface area contributed by atoms with E-state index in [0.717, 1.165) is 0 Å². The van der Waals surface area contributed by atoms with E-state index in [1.165, 1.54) is 6.33 Å². The van der Waals surface area contributed by atoms with Gasteiger partial charge in [0.1, 0.15) is 17.1 Å². The number of aromatic amines is 1. The van der Waals surface area contributed by atoms with Crippen LogP contribution in [0.1, 0.15) is 10.5 Å². The van der Waals surface area contributed by atoms with Gasteiger partial charge in [-0.2, -0.15) is 0 Å². The molecule has 4 nitrogen and oxygen atoms in total. The number of carbonyl (C=O) groups excluding carboxylic acids is 1. The fourth-order valence-electron chi connectivity index (χ4n) is 1.42. The predicted octanol–water partition coefficient (Wildman–Crippen LogP) is 2.55. The molecule has 1 aromatic carbocycles. The van der Waals surface area contributed by atoms with Crippen LogP contribution in [-0.2, 0) is 0 Å². The molecule has 0 unspecified atom stereocenters. The first kappa shape index (κ1) is 10.7. The van der Waals surface area contributed by atoms with Crippen molar-refractivity contribution in [3.63, 3.8) is 0 Å². The van der Waals surface area contributed by atoms with Crippen molar-refractivity contribution in [1.82, 2.24) is 9.97 Å². The van der Waals surface area contributed by atoms with E-state index in [2.05, 4.69) is 9.97 Å². The number of nitrogens with one attached hydrogen (secondary N) is 1. The quantitative estimate of drug-likeness (QED) is 0.834. The Labute approximate surface area is 97.2 Å². The van der Waals surface area contributed by atoms with Gasteiger partial charge in [-0.05, 0) is 18.2 Å². The van der Waals surface area contributed by atoms with Crippen molar-refractivity contribution in [2.75, 3.05) is 7.11 Å². The van der Waals surface area contributed by atoms with Crippen molar-refractivity contribution in [3.05, 3.63) is 35.2 Å². The maximum atomic E-state index is 10.8. The van der Waals surface area contributed by atoms with Gasteiger partial charge in [0.2, 0.25) is 0 Å². The lowest BCUT2D eigenvalue weighted by Gasteiger charge is -2.04. The lowest BCUT2D eigenvalue weighted by atomic mass is 10.1. The summed E-state index contributed by atoms with van der Waals surface area (Å²) in [5, 5.41) is 0.495. The molecule has 0 atom stereocenters. The molecular formula is C11H9ClN2O2. The largest absolute Gasteiger partial charge is 0.497 e. The van der Waals surface area contributed by atoms with Gasteiger partial charge in [0.25, 0.3) is 0 Å². The third-order valence-corrected chi connectivity index (χ3v) is 2.53. The molecule has 0 bridgehead atoms. The average molecular weight is 237 g/mol. The summed E-state index contributed by atoms with van der Waals surface area (Å²) in [6.45, 7) is 0. The third kappa shape index (κ3) is 1.79. The summed E-state index contributed by atoms with van der Waals surface area (Å²) in [5.41, 5.74) is 1.65. The minimum atomic E-state index is 0.409. The molecule has 0 saturated heterocycles. The highest BCUT2D eigenvalue weighted by atomic mass is 35.5. The number of hydrogen-bond donors (Lipinski definition) is 1. The summed E-state index contributed by atoms with van der Waals surface area (Å²) >= 11 is 6.08. The van der Waals surface area contributed by atoms with Crippen molar-refractivity contribution in [3.8, 4) is 17.0 Å². The molecule has 1 N–H and O–H groups in total. The summed E-state index contributed by atoms with van der Waals surface area (Å²) in [6, 6.07) is 5.22. The smallest absolute Gasteiger partial charge is 0.168 e. The van der Waals surface area contributed by atoms with Gasteiger partial charge < -0.3 is 9.72 Å². The van der Waals surface area contributed by atoms with E-state index in [9.17, 15) is 4.79 Å². The zero-order valence-electron chi connectivity index (χ0n) is 8.53. The molecule has 0 aliphatic rings. The number of carbonyl (C=O) groups is 1. The van der Waals surface area contributed by atoms with Gasteiger partial charge in [0.15, 0.2) is 6.29 Å². The number of ether oxygens (including phenoxy) is 1. The maximum Gasteiger partial charge on any atom is 0.168 e. The monoisotopic (exact) mass is 236 g/mol. The van der Waals surface area contributed by atoms with Crippen LogP contribution in [0.5, 0.6) is 5.75 Å². The first-order chi connectivity index (χ1) is 7.76. The second-order valence-electron chi connectivity index (χ2n) is 3.13. The number of hydrogen-bond acceptors (Lipinski definition) is 3. The lowest BCUT2D eigenvalue weighted by Crippen LogP contribution is -1.88. The molecule has 2 aromatic rings. The van der Waals surface area contributed by atoms with Crippen molar-refractivity contribution >= 4 is 17.9 Å². The van der Waals surface area contributed by atoms with Gasteiger partial charge in [0, 0.05) is 5.56 Å². The second kappa shape index (κ2) is 4.37. The van der Waals surface area contributed by atoms with Crippen molar-refractivity contribution in [2.45, 2.75) is 0 Å². The third-order valence-electron chi connectivity index (χ3n) is 2.22. The van der Waals surface area contributed by atoms with E-state index in [1.807, 2.05) is 0 Å². The molecule has 0 spiro atoms. The molecule has 0 aliphatic heterocycles. The Kier molecular flexibility index (Phi) is 2.92. The van der Waals surface area contributed by atoms with Crippen LogP contribution in [0.2, 0.25) is 5.02 Å². The molecule has 0 aliphatic carbocycles. The Morgan fingerprint density at radius 2 is 2.31 bits per heavy atom. The molecule has 1 aromatic heterocycles. The number of aldehydes is 1. The summed E-state index contributed by atoms with van der Waals surface area (Å²) in [4.78, 5) is 17.6. The van der Waals surface area contributed by atoms with Crippen LogP contribution in [0.25, 0.3) is 11.3 Å². The average Bonchev–Trinajstić information content (AvgIpc) is 2.76. The Hall–Kier alpha value is -1.81. The molecule has 5 heteroatoms. The second-order valence-corrected chi connectivity index (χ2v) is 3.54. The van der Waals surface area contributed by atoms with E-state index in [1.54, 1.807) is 25.3 Å². The van der Waals surface area contributed by atoms with E-state index >= 15 is 0 Å². The van der Waals surface area contributed by atoms with Gasteiger partial charge in [-0.3, -0.25) is 4.79 Å². The normalized spacial score (nSPS) is 10.1. The summed E-state index contributed by atoms with van der Waals surface area (Å²) in [6.07, 6.45) is 2.17. The van der Waals surface area contributed by atoms with Gasteiger partial charge in [-0.1, -0.05) is 11.6 Å². The fourth-order valence-corrected chi connectivity index (χ4v) is 1.68. The number of H-pyrrole nitrogens is 1. The van der Waals surface area contributed by atoms with Crippen LogP contribution < -0.4 is 4.74 Å². The number of imidazole rings is 1. The molecule has 0 radical (unpaired) electrons. The van der Waals surface area contributed by atoms with Gasteiger partial charge in [-0.15, -0.1) is 0 Å². The minimum Gasteiger partial charge on any atom is -0.497 e. The Morgan fingerprint density at radius 1 is 1.50 bits per heavy atom. The van der Waals surface area contributed by atoms with Crippen LogP contribution in [0.3, 0.4) is 0 Å². The number of rotatable bonds is 3. The van der Waals surface area contributed by atoms with Gasteiger partial charge in [0.05, 0.1) is 18.5 Å². The maximum absolute atomic E-state index is 10.8. The zero-order chi connectivity index (χ0) is 11.5. The first-order valence-corrected chi connectivity index (χ1v) is 4.96. The molecular weight excluding hydrogens is 228 g/mol. The van der Waals surface area contributed by atoms with Crippen LogP contribution in [0.15, 0.2) is 24.5 Å². The van der Waals surface area contributed by atoms with Crippen molar-refractivity contribution in [1.29, 1.82) is 0 Å². The standard InChI is InChI=1S/C11H9ClN2O2/c1-16-7-2-3-8(9(12)4-7)11-10(5-15)13-6-14-11/h2-6H,1H3,(H,13,14). The summed E-state index contributed by atoms with van der Waals surface area (Å²) in [5.74, 6) is 0.664. The highest BCUT2D eigenvalue weighted by molar-refractivity contribution is 6.33. The van der Waals surface area contributed by atoms with Crippen molar-refractivity contribution in [2.24, 2.45) is 0 Å². The molecule has 16 heavy (non-hydrogen) atoms. The summed E-state index contributed by atoms with van der Waals surface area (Å²) in [7, 11) is 1.57. The van der Waals surface area contributed by atoms with Gasteiger partial charge >= 0.3 is 0 Å². The molecule has 0 amide bonds. The molecule has 1 heterocycles. The first-order valence-electron chi connectivity index (χ1n) is 4.58. The van der Waals surface area contributed by atoms with Gasteiger partial charge in [-0.25, -0.2) is 4.98 Å². The Morgan fingerprint density at radius 3 is 2.94 bits per heavy atom. The molecule has 0 saturated carbocycles. The van der Waals surface area contributed by atoms with Crippen LogP contribution >= 0.6 is 11.6 Å². The zero-order valence-corrected chi connectivity index (χ0v) is 9.28. The number of aromatic nitrogens is 2.